The monoisotopic (exact) mass is 718 g/mol. The fourth-order valence-corrected chi connectivity index (χ4v) is 9.58. The van der Waals surface area contributed by atoms with Crippen LogP contribution in [0.2, 0.25) is 0 Å². The summed E-state index contributed by atoms with van der Waals surface area (Å²) in [5, 5.41) is 7.71. The lowest BCUT2D eigenvalue weighted by molar-refractivity contribution is 1.18. The number of rotatable bonds is 6. The average molecular weight is 719 g/mol. The molecule has 0 aliphatic carbocycles. The van der Waals surface area contributed by atoms with Crippen molar-refractivity contribution in [3.05, 3.63) is 206 Å². The average Bonchev–Trinajstić information content (AvgIpc) is 3.81. The lowest BCUT2D eigenvalue weighted by Gasteiger charge is -2.27. The number of aromatic nitrogens is 1. The Hall–Kier alpha value is -6.94. The van der Waals surface area contributed by atoms with E-state index >= 15 is 0 Å². The molecule has 9 aromatic carbocycles. The number of nitrogens with zero attached hydrogens (tertiary/aromatic N) is 2. The molecule has 3 heteroatoms. The first-order valence-corrected chi connectivity index (χ1v) is 19.6. The highest BCUT2D eigenvalue weighted by Gasteiger charge is 2.21. The Kier molecular flexibility index (Phi) is 7.39. The topological polar surface area (TPSA) is 8.17 Å². The van der Waals surface area contributed by atoms with Crippen LogP contribution in [-0.4, -0.2) is 4.57 Å². The summed E-state index contributed by atoms with van der Waals surface area (Å²) in [5.74, 6) is 0. The van der Waals surface area contributed by atoms with Crippen molar-refractivity contribution in [3.63, 3.8) is 0 Å². The zero-order valence-electron chi connectivity index (χ0n) is 29.9. The third-order valence-corrected chi connectivity index (χ3v) is 12.1. The van der Waals surface area contributed by atoms with Crippen molar-refractivity contribution in [2.24, 2.45) is 0 Å². The summed E-state index contributed by atoms with van der Waals surface area (Å²) >= 11 is 1.87. The zero-order chi connectivity index (χ0) is 36.3. The van der Waals surface area contributed by atoms with Gasteiger partial charge in [-0.25, -0.2) is 0 Å². The molecule has 0 unspecified atom stereocenters. The van der Waals surface area contributed by atoms with Crippen LogP contribution in [-0.2, 0) is 0 Å². The van der Waals surface area contributed by atoms with Gasteiger partial charge in [0, 0.05) is 48.0 Å². The second-order valence-electron chi connectivity index (χ2n) is 14.1. The van der Waals surface area contributed by atoms with Crippen molar-refractivity contribution in [1.29, 1.82) is 0 Å². The minimum absolute atomic E-state index is 1.10. The molecule has 2 aromatic heterocycles. The SMILES string of the molecule is c1ccc(-c2cccc(N(c3ccc(-c4ccc5c(ccc6sc7ccccc7c65)c4)cc3)c3cccc4c3c3ccccc3n4-c3ccccc3)c2)cc1. The van der Waals surface area contributed by atoms with Crippen LogP contribution in [0.4, 0.5) is 17.1 Å². The van der Waals surface area contributed by atoms with Crippen LogP contribution in [0.5, 0.6) is 0 Å². The zero-order valence-corrected chi connectivity index (χ0v) is 30.7. The molecule has 2 heterocycles. The van der Waals surface area contributed by atoms with Crippen molar-refractivity contribution in [2.45, 2.75) is 0 Å². The summed E-state index contributed by atoms with van der Waals surface area (Å²) in [6.45, 7) is 0. The van der Waals surface area contributed by atoms with Crippen LogP contribution in [0.1, 0.15) is 0 Å². The summed E-state index contributed by atoms with van der Waals surface area (Å²) in [7, 11) is 0. The first kappa shape index (κ1) is 31.6. The third-order valence-electron chi connectivity index (χ3n) is 11.0. The van der Waals surface area contributed by atoms with Crippen LogP contribution in [0.15, 0.2) is 206 Å². The third kappa shape index (κ3) is 5.24. The summed E-state index contributed by atoms with van der Waals surface area (Å²) in [6, 6.07) is 75.1. The van der Waals surface area contributed by atoms with E-state index in [-0.39, 0.29) is 0 Å². The Bertz CT molecular complexity index is 3190. The van der Waals surface area contributed by atoms with Gasteiger partial charge in [0.15, 0.2) is 0 Å². The molecule has 0 bridgehead atoms. The van der Waals surface area contributed by atoms with Crippen molar-refractivity contribution < 1.29 is 0 Å². The molecule has 55 heavy (non-hydrogen) atoms. The molecule has 0 amide bonds. The molecular weight excluding hydrogens is 685 g/mol. The van der Waals surface area contributed by atoms with E-state index in [9.17, 15) is 0 Å². The molecule has 0 saturated heterocycles. The number of hydrogen-bond donors (Lipinski definition) is 0. The smallest absolute Gasteiger partial charge is 0.0562 e. The molecular formula is C52H34N2S. The van der Waals surface area contributed by atoms with E-state index < -0.39 is 0 Å². The maximum atomic E-state index is 2.43. The highest BCUT2D eigenvalue weighted by Crippen LogP contribution is 2.45. The van der Waals surface area contributed by atoms with Crippen LogP contribution >= 0.6 is 11.3 Å². The minimum Gasteiger partial charge on any atom is -0.310 e. The Morgan fingerprint density at radius 3 is 1.87 bits per heavy atom. The lowest BCUT2D eigenvalue weighted by Crippen LogP contribution is -2.10. The maximum Gasteiger partial charge on any atom is 0.0562 e. The van der Waals surface area contributed by atoms with E-state index in [0.29, 0.717) is 0 Å². The molecule has 11 rings (SSSR count). The molecule has 0 spiro atoms. The number of fused-ring (bicyclic) bond motifs is 8. The largest absolute Gasteiger partial charge is 0.310 e. The second kappa shape index (κ2) is 12.9. The van der Waals surface area contributed by atoms with Crippen molar-refractivity contribution in [2.75, 3.05) is 4.90 Å². The Morgan fingerprint density at radius 2 is 1.02 bits per heavy atom. The van der Waals surface area contributed by atoms with E-state index in [0.717, 1.165) is 22.7 Å². The van der Waals surface area contributed by atoms with Gasteiger partial charge in [0.2, 0.25) is 0 Å². The van der Waals surface area contributed by atoms with Gasteiger partial charge < -0.3 is 9.47 Å². The molecule has 11 aromatic rings. The molecule has 0 radical (unpaired) electrons. The number of anilines is 3. The van der Waals surface area contributed by atoms with Gasteiger partial charge in [-0.2, -0.15) is 0 Å². The van der Waals surface area contributed by atoms with Gasteiger partial charge in [0.1, 0.15) is 0 Å². The van der Waals surface area contributed by atoms with Crippen LogP contribution in [0, 0.1) is 0 Å². The molecule has 0 N–H and O–H groups in total. The normalized spacial score (nSPS) is 11.6. The van der Waals surface area contributed by atoms with Gasteiger partial charge in [0.05, 0.1) is 16.7 Å². The Labute approximate surface area is 323 Å². The van der Waals surface area contributed by atoms with E-state index in [1.54, 1.807) is 0 Å². The number of hydrogen-bond acceptors (Lipinski definition) is 2. The summed E-state index contributed by atoms with van der Waals surface area (Å²) in [5.41, 5.74) is 11.6. The van der Waals surface area contributed by atoms with Gasteiger partial charge in [-0.15, -0.1) is 11.3 Å². The number of benzene rings is 9. The van der Waals surface area contributed by atoms with Crippen molar-refractivity contribution in [3.8, 4) is 27.9 Å². The molecule has 2 nitrogen and oxygen atoms in total. The summed E-state index contributed by atoms with van der Waals surface area (Å²) in [4.78, 5) is 2.43. The first-order valence-electron chi connectivity index (χ1n) is 18.8. The van der Waals surface area contributed by atoms with Gasteiger partial charge in [-0.1, -0.05) is 133 Å². The van der Waals surface area contributed by atoms with Gasteiger partial charge >= 0.3 is 0 Å². The molecule has 258 valence electrons. The molecule has 0 atom stereocenters. The van der Waals surface area contributed by atoms with Gasteiger partial charge in [-0.05, 0) is 106 Å². The van der Waals surface area contributed by atoms with E-state index in [2.05, 4.69) is 216 Å². The highest BCUT2D eigenvalue weighted by molar-refractivity contribution is 7.26. The van der Waals surface area contributed by atoms with Crippen molar-refractivity contribution >= 4 is 81.1 Å². The molecule has 0 saturated carbocycles. The van der Waals surface area contributed by atoms with Crippen molar-refractivity contribution in [1.82, 2.24) is 4.57 Å². The Balaban J connectivity index is 1.08. The van der Waals surface area contributed by atoms with Crippen LogP contribution < -0.4 is 4.90 Å². The molecule has 0 aliphatic heterocycles. The highest BCUT2D eigenvalue weighted by atomic mass is 32.1. The van der Waals surface area contributed by atoms with E-state index in [1.807, 2.05) is 11.3 Å². The second-order valence-corrected chi connectivity index (χ2v) is 15.2. The van der Waals surface area contributed by atoms with Gasteiger partial charge in [0.25, 0.3) is 0 Å². The quantitative estimate of drug-likeness (QED) is 0.166. The van der Waals surface area contributed by atoms with E-state index in [1.165, 1.54) is 75.0 Å². The fourth-order valence-electron chi connectivity index (χ4n) is 8.46. The van der Waals surface area contributed by atoms with Gasteiger partial charge in [-0.3, -0.25) is 0 Å². The Morgan fingerprint density at radius 1 is 0.364 bits per heavy atom. The number of thiophene rings is 1. The molecule has 0 fully saturated rings. The summed E-state index contributed by atoms with van der Waals surface area (Å²) in [6.07, 6.45) is 0. The predicted molar refractivity (Wildman–Crippen MR) is 237 cm³/mol. The minimum atomic E-state index is 1.10. The lowest BCUT2D eigenvalue weighted by atomic mass is 9.98. The maximum absolute atomic E-state index is 2.43. The van der Waals surface area contributed by atoms with E-state index in [4.69, 9.17) is 0 Å². The van der Waals surface area contributed by atoms with Crippen LogP contribution in [0.25, 0.3) is 80.7 Å². The summed E-state index contributed by atoms with van der Waals surface area (Å²) < 4.78 is 5.07. The van der Waals surface area contributed by atoms with Crippen LogP contribution in [0.3, 0.4) is 0 Å². The first-order chi connectivity index (χ1) is 27.3. The molecule has 0 aliphatic rings. The fraction of sp³-hybridized carbons (Fsp3) is 0. The number of para-hydroxylation sites is 2. The standard InChI is InChI=1S/C52H34N2S/c1-3-13-35(14-4-1)37-15-11-18-42(34-37)53(47-22-12-23-48-52(47)44-19-7-9-21-46(44)54(48)40-16-5-2-6-17-40)41-29-25-36(26-30-41)38-27-31-43-39(33-38)28-32-50-51(43)45-20-8-10-24-49(45)55-50/h1-34H. The predicted octanol–water partition coefficient (Wildman–Crippen LogP) is 15.1.